The van der Waals surface area contributed by atoms with Crippen molar-refractivity contribution in [1.29, 1.82) is 0 Å². The van der Waals surface area contributed by atoms with Crippen LogP contribution in [0, 0.1) is 0 Å². The summed E-state index contributed by atoms with van der Waals surface area (Å²) in [5.74, 6) is 0.751. The van der Waals surface area contributed by atoms with Crippen molar-refractivity contribution < 1.29 is 14.9 Å². The molecule has 0 saturated carbocycles. The molecular weight excluding hydrogens is 360 g/mol. The van der Waals surface area contributed by atoms with Crippen LogP contribution >= 0.6 is 0 Å². The number of unbranched alkanes of at least 4 members (excludes halogenated alkanes) is 15. The molecule has 0 atom stereocenters. The normalized spacial score (nSPS) is 11.1. The number of aliphatic hydroxyl groups is 2. The van der Waals surface area contributed by atoms with Crippen molar-refractivity contribution in [3.8, 4) is 5.75 Å². The van der Waals surface area contributed by atoms with Gasteiger partial charge >= 0.3 is 0 Å². The third-order valence-corrected chi connectivity index (χ3v) is 5.66. The highest BCUT2D eigenvalue weighted by Gasteiger charge is 2.01. The molecule has 29 heavy (non-hydrogen) atoms. The van der Waals surface area contributed by atoms with E-state index in [4.69, 9.17) is 4.74 Å². The molecule has 0 amide bonds. The van der Waals surface area contributed by atoms with E-state index in [1.54, 1.807) is 0 Å². The van der Waals surface area contributed by atoms with Gasteiger partial charge in [-0.3, -0.25) is 0 Å². The Labute approximate surface area is 179 Å². The van der Waals surface area contributed by atoms with Crippen molar-refractivity contribution in [3.05, 3.63) is 29.3 Å². The molecule has 3 heteroatoms. The molecule has 0 radical (unpaired) electrons. The lowest BCUT2D eigenvalue weighted by molar-refractivity contribution is 0.269. The molecule has 0 fully saturated rings. The minimum Gasteiger partial charge on any atom is -0.494 e. The molecule has 1 aromatic rings. The fourth-order valence-electron chi connectivity index (χ4n) is 3.83. The second-order valence-corrected chi connectivity index (χ2v) is 8.45. The Morgan fingerprint density at radius 1 is 0.552 bits per heavy atom. The summed E-state index contributed by atoms with van der Waals surface area (Å²) in [4.78, 5) is 0. The van der Waals surface area contributed by atoms with Gasteiger partial charge in [0.1, 0.15) is 5.75 Å². The molecule has 0 aromatic heterocycles. The van der Waals surface area contributed by atoms with Gasteiger partial charge in [-0.1, -0.05) is 109 Å². The Kier molecular flexibility index (Phi) is 17.0. The second kappa shape index (κ2) is 18.9. The van der Waals surface area contributed by atoms with Crippen LogP contribution in [0.15, 0.2) is 18.2 Å². The third-order valence-electron chi connectivity index (χ3n) is 5.66. The van der Waals surface area contributed by atoms with Gasteiger partial charge in [0, 0.05) is 0 Å². The first-order valence-electron chi connectivity index (χ1n) is 12.3. The maximum atomic E-state index is 9.27. The Balaban J connectivity index is 1.86. The van der Waals surface area contributed by atoms with Gasteiger partial charge in [-0.15, -0.1) is 0 Å². The summed E-state index contributed by atoms with van der Waals surface area (Å²) in [6, 6.07) is 5.51. The van der Waals surface area contributed by atoms with E-state index in [1.807, 2.05) is 18.2 Å². The van der Waals surface area contributed by atoms with Crippen LogP contribution in [-0.2, 0) is 13.2 Å². The lowest BCUT2D eigenvalue weighted by atomic mass is 10.0. The van der Waals surface area contributed by atoms with Crippen LogP contribution in [-0.4, -0.2) is 16.8 Å². The first-order valence-corrected chi connectivity index (χ1v) is 12.3. The van der Waals surface area contributed by atoms with E-state index in [0.717, 1.165) is 23.3 Å². The van der Waals surface area contributed by atoms with Crippen molar-refractivity contribution in [3.63, 3.8) is 0 Å². The number of hydrogen-bond acceptors (Lipinski definition) is 3. The number of benzene rings is 1. The highest BCUT2D eigenvalue weighted by molar-refractivity contribution is 5.33. The number of ether oxygens (including phenoxy) is 1. The predicted molar refractivity (Wildman–Crippen MR) is 123 cm³/mol. The number of rotatable bonds is 20. The minimum absolute atomic E-state index is 0.0246. The second-order valence-electron chi connectivity index (χ2n) is 8.45. The Bertz CT molecular complexity index is 465. The van der Waals surface area contributed by atoms with E-state index >= 15 is 0 Å². The average Bonchev–Trinajstić information content (AvgIpc) is 2.75. The van der Waals surface area contributed by atoms with Crippen molar-refractivity contribution in [1.82, 2.24) is 0 Å². The molecule has 0 heterocycles. The van der Waals surface area contributed by atoms with Crippen LogP contribution in [0.5, 0.6) is 5.75 Å². The summed E-state index contributed by atoms with van der Waals surface area (Å²) in [7, 11) is 0. The lowest BCUT2D eigenvalue weighted by Gasteiger charge is -2.09. The summed E-state index contributed by atoms with van der Waals surface area (Å²) in [6.07, 6.45) is 21.9. The molecule has 0 aliphatic carbocycles. The zero-order valence-electron chi connectivity index (χ0n) is 19.0. The van der Waals surface area contributed by atoms with Gasteiger partial charge in [0.15, 0.2) is 0 Å². The standard InChI is InChI=1S/C26H46O3/c1-2-3-4-5-6-7-8-9-10-11-12-13-14-15-16-17-18-29-26-20-24(22-27)19-25(21-26)23-28/h19-21,27-28H,2-18,22-23H2,1H3. The maximum absolute atomic E-state index is 9.27. The molecule has 3 nitrogen and oxygen atoms in total. The highest BCUT2D eigenvalue weighted by atomic mass is 16.5. The van der Waals surface area contributed by atoms with Crippen molar-refractivity contribution in [2.24, 2.45) is 0 Å². The van der Waals surface area contributed by atoms with E-state index in [1.165, 1.54) is 96.3 Å². The molecule has 0 aliphatic rings. The maximum Gasteiger partial charge on any atom is 0.120 e. The summed E-state index contributed by atoms with van der Waals surface area (Å²) in [5.41, 5.74) is 1.58. The number of aliphatic hydroxyl groups excluding tert-OH is 2. The van der Waals surface area contributed by atoms with Crippen LogP contribution in [0.25, 0.3) is 0 Å². The van der Waals surface area contributed by atoms with E-state index in [-0.39, 0.29) is 13.2 Å². The molecule has 0 aliphatic heterocycles. The zero-order chi connectivity index (χ0) is 21.0. The quantitative estimate of drug-likeness (QED) is 0.223. The Hall–Kier alpha value is -1.06. The SMILES string of the molecule is CCCCCCCCCCCCCCCCCCOc1cc(CO)cc(CO)c1. The average molecular weight is 407 g/mol. The molecule has 1 rings (SSSR count). The Morgan fingerprint density at radius 3 is 1.31 bits per heavy atom. The largest absolute Gasteiger partial charge is 0.494 e. The molecule has 2 N–H and O–H groups in total. The lowest BCUT2D eigenvalue weighted by Crippen LogP contribution is -1.99. The summed E-state index contributed by atoms with van der Waals surface area (Å²) in [6.45, 7) is 2.94. The van der Waals surface area contributed by atoms with Gasteiger partial charge in [0.2, 0.25) is 0 Å². The summed E-state index contributed by atoms with van der Waals surface area (Å²) < 4.78 is 5.79. The van der Waals surface area contributed by atoms with Gasteiger partial charge in [-0.2, -0.15) is 0 Å². The van der Waals surface area contributed by atoms with E-state index in [0.29, 0.717) is 6.61 Å². The Morgan fingerprint density at radius 2 is 0.931 bits per heavy atom. The van der Waals surface area contributed by atoms with Gasteiger partial charge in [-0.25, -0.2) is 0 Å². The number of hydrogen-bond donors (Lipinski definition) is 2. The molecule has 0 unspecified atom stereocenters. The monoisotopic (exact) mass is 406 g/mol. The van der Waals surface area contributed by atoms with Crippen LogP contribution in [0.1, 0.15) is 121 Å². The summed E-state index contributed by atoms with van der Waals surface area (Å²) in [5, 5.41) is 18.5. The summed E-state index contributed by atoms with van der Waals surface area (Å²) >= 11 is 0. The minimum atomic E-state index is -0.0246. The molecular formula is C26H46O3. The topological polar surface area (TPSA) is 49.7 Å². The van der Waals surface area contributed by atoms with Crippen LogP contribution in [0.3, 0.4) is 0 Å². The van der Waals surface area contributed by atoms with Gasteiger partial charge < -0.3 is 14.9 Å². The highest BCUT2D eigenvalue weighted by Crippen LogP contribution is 2.19. The predicted octanol–water partition coefficient (Wildman–Crippen LogP) is 7.31. The van der Waals surface area contributed by atoms with Gasteiger partial charge in [0.25, 0.3) is 0 Å². The molecule has 168 valence electrons. The van der Waals surface area contributed by atoms with Gasteiger partial charge in [-0.05, 0) is 29.7 Å². The molecule has 0 spiro atoms. The molecule has 0 bridgehead atoms. The van der Waals surface area contributed by atoms with Crippen LogP contribution in [0.4, 0.5) is 0 Å². The fourth-order valence-corrected chi connectivity index (χ4v) is 3.83. The first kappa shape index (κ1) is 26.0. The van der Waals surface area contributed by atoms with Crippen LogP contribution < -0.4 is 4.74 Å². The first-order chi connectivity index (χ1) is 14.3. The van der Waals surface area contributed by atoms with Crippen molar-refractivity contribution in [2.75, 3.05) is 6.61 Å². The van der Waals surface area contributed by atoms with E-state index in [2.05, 4.69) is 6.92 Å². The van der Waals surface area contributed by atoms with E-state index < -0.39 is 0 Å². The smallest absolute Gasteiger partial charge is 0.120 e. The molecule has 1 aromatic carbocycles. The molecule has 0 saturated heterocycles. The van der Waals surface area contributed by atoms with Crippen molar-refractivity contribution >= 4 is 0 Å². The zero-order valence-corrected chi connectivity index (χ0v) is 19.0. The van der Waals surface area contributed by atoms with Crippen LogP contribution in [0.2, 0.25) is 0 Å². The van der Waals surface area contributed by atoms with Crippen molar-refractivity contribution in [2.45, 2.75) is 123 Å². The van der Waals surface area contributed by atoms with Gasteiger partial charge in [0.05, 0.1) is 19.8 Å². The third kappa shape index (κ3) is 14.5. The van der Waals surface area contributed by atoms with E-state index in [9.17, 15) is 10.2 Å². The fraction of sp³-hybridized carbons (Fsp3) is 0.769.